The van der Waals surface area contributed by atoms with Crippen LogP contribution >= 0.6 is 0 Å². The minimum Gasteiger partial charge on any atom is -0.384 e. The SMILES string of the molecule is CCc1noc(C(C)N(C)C(=O)c2nc(-c3ccc(NCCN(C)C)c(C)c3)nc3ccc(C)cc23)c1C. The molecule has 200 valence electrons. The van der Waals surface area contributed by atoms with Crippen LogP contribution in [0.15, 0.2) is 40.9 Å². The Hall–Kier alpha value is -3.78. The van der Waals surface area contributed by atoms with Crippen LogP contribution in [0.3, 0.4) is 0 Å². The Kier molecular flexibility index (Phi) is 8.11. The van der Waals surface area contributed by atoms with E-state index in [0.29, 0.717) is 17.3 Å². The summed E-state index contributed by atoms with van der Waals surface area (Å²) in [5.74, 6) is 1.03. The molecular weight excluding hydrogens is 476 g/mol. The quantitative estimate of drug-likeness (QED) is 0.312. The van der Waals surface area contributed by atoms with Crippen LogP contribution < -0.4 is 5.32 Å². The van der Waals surface area contributed by atoms with E-state index in [1.54, 1.807) is 11.9 Å². The number of hydrogen-bond donors (Lipinski definition) is 1. The van der Waals surface area contributed by atoms with Gasteiger partial charge in [0.05, 0.1) is 17.3 Å². The first kappa shape index (κ1) is 27.3. The molecule has 0 aliphatic rings. The summed E-state index contributed by atoms with van der Waals surface area (Å²) < 4.78 is 5.64. The van der Waals surface area contributed by atoms with Crippen LogP contribution in [0.2, 0.25) is 0 Å². The molecule has 0 radical (unpaired) electrons. The number of benzene rings is 2. The van der Waals surface area contributed by atoms with Gasteiger partial charge in [0, 0.05) is 42.3 Å². The monoisotopic (exact) mass is 514 g/mol. The van der Waals surface area contributed by atoms with Crippen LogP contribution in [0.25, 0.3) is 22.3 Å². The summed E-state index contributed by atoms with van der Waals surface area (Å²) in [7, 11) is 5.90. The van der Waals surface area contributed by atoms with Crippen molar-refractivity contribution < 1.29 is 9.32 Å². The van der Waals surface area contributed by atoms with Crippen molar-refractivity contribution in [3.8, 4) is 11.4 Å². The van der Waals surface area contributed by atoms with Crippen LogP contribution in [-0.4, -0.2) is 65.1 Å². The maximum Gasteiger partial charge on any atom is 0.273 e. The summed E-state index contributed by atoms with van der Waals surface area (Å²) in [6, 6.07) is 11.8. The zero-order valence-electron chi connectivity index (χ0n) is 23.7. The molecule has 2 aromatic carbocycles. The number of aryl methyl sites for hydroxylation is 3. The summed E-state index contributed by atoms with van der Waals surface area (Å²) in [6.07, 6.45) is 0.780. The molecule has 4 rings (SSSR count). The Morgan fingerprint density at radius 2 is 1.82 bits per heavy atom. The van der Waals surface area contributed by atoms with Crippen molar-refractivity contribution in [2.75, 3.05) is 39.5 Å². The minimum absolute atomic E-state index is 0.190. The van der Waals surface area contributed by atoms with Gasteiger partial charge in [0.25, 0.3) is 5.91 Å². The lowest BCUT2D eigenvalue weighted by atomic mass is 10.1. The standard InChI is InChI=1S/C30H38N6O2/c1-9-24-20(4)28(38-34-24)21(5)36(8)30(37)27-23-16-18(2)10-12-26(23)32-29(33-27)22-11-13-25(19(3)17-22)31-14-15-35(6)7/h10-13,16-17,21,31H,9,14-15H2,1-8H3. The lowest BCUT2D eigenvalue weighted by Gasteiger charge is -2.24. The van der Waals surface area contributed by atoms with Gasteiger partial charge in [-0.15, -0.1) is 0 Å². The fourth-order valence-corrected chi connectivity index (χ4v) is 4.57. The molecule has 0 spiro atoms. The van der Waals surface area contributed by atoms with Gasteiger partial charge >= 0.3 is 0 Å². The van der Waals surface area contributed by atoms with Crippen LogP contribution in [0.1, 0.15) is 58.5 Å². The number of nitrogens with one attached hydrogen (secondary N) is 1. The Morgan fingerprint density at radius 1 is 1.05 bits per heavy atom. The van der Waals surface area contributed by atoms with Gasteiger partial charge < -0.3 is 19.6 Å². The van der Waals surface area contributed by atoms with E-state index in [-0.39, 0.29) is 11.9 Å². The number of nitrogens with zero attached hydrogens (tertiary/aromatic N) is 5. The van der Waals surface area contributed by atoms with E-state index in [9.17, 15) is 4.79 Å². The van der Waals surface area contributed by atoms with Crippen LogP contribution in [-0.2, 0) is 6.42 Å². The molecule has 0 bridgehead atoms. The second-order valence-corrected chi connectivity index (χ2v) is 10.2. The Labute approximate surface area is 225 Å². The summed E-state index contributed by atoms with van der Waals surface area (Å²) in [4.78, 5) is 27.4. The second-order valence-electron chi connectivity index (χ2n) is 10.2. The average Bonchev–Trinajstić information content (AvgIpc) is 3.27. The molecule has 8 nitrogen and oxygen atoms in total. The van der Waals surface area contributed by atoms with Crippen LogP contribution in [0.4, 0.5) is 5.69 Å². The summed E-state index contributed by atoms with van der Waals surface area (Å²) in [6.45, 7) is 11.8. The van der Waals surface area contributed by atoms with Crippen molar-refractivity contribution >= 4 is 22.5 Å². The van der Waals surface area contributed by atoms with Gasteiger partial charge in [-0.25, -0.2) is 9.97 Å². The van der Waals surface area contributed by atoms with E-state index in [1.165, 1.54) is 0 Å². The first-order valence-corrected chi connectivity index (χ1v) is 13.1. The Balaban J connectivity index is 1.72. The topological polar surface area (TPSA) is 87.4 Å². The summed E-state index contributed by atoms with van der Waals surface area (Å²) in [5.41, 5.74) is 7.09. The number of carbonyl (C=O) groups excluding carboxylic acids is 1. The molecule has 4 aromatic rings. The first-order chi connectivity index (χ1) is 18.1. The highest BCUT2D eigenvalue weighted by atomic mass is 16.5. The fraction of sp³-hybridized carbons (Fsp3) is 0.400. The van der Waals surface area contributed by atoms with Crippen LogP contribution in [0.5, 0.6) is 0 Å². The largest absolute Gasteiger partial charge is 0.384 e. The lowest BCUT2D eigenvalue weighted by molar-refractivity contribution is 0.0716. The molecule has 8 heteroatoms. The normalized spacial score (nSPS) is 12.2. The number of likely N-dealkylation sites (N-methyl/N-ethyl adjacent to an activating group) is 1. The number of carbonyl (C=O) groups is 1. The van der Waals surface area contributed by atoms with E-state index >= 15 is 0 Å². The van der Waals surface area contributed by atoms with Gasteiger partial charge in [0.15, 0.2) is 11.6 Å². The third-order valence-corrected chi connectivity index (χ3v) is 7.09. The predicted molar refractivity (Wildman–Crippen MR) is 153 cm³/mol. The van der Waals surface area contributed by atoms with Crippen molar-refractivity contribution in [3.05, 3.63) is 70.2 Å². The highest BCUT2D eigenvalue weighted by Gasteiger charge is 2.27. The Morgan fingerprint density at radius 3 is 2.47 bits per heavy atom. The lowest BCUT2D eigenvalue weighted by Crippen LogP contribution is -2.31. The van der Waals surface area contributed by atoms with E-state index < -0.39 is 0 Å². The van der Waals surface area contributed by atoms with E-state index in [2.05, 4.69) is 48.5 Å². The van der Waals surface area contributed by atoms with Gasteiger partial charge in [-0.1, -0.05) is 23.7 Å². The molecule has 2 heterocycles. The first-order valence-electron chi connectivity index (χ1n) is 13.1. The third kappa shape index (κ3) is 5.55. The number of hydrogen-bond acceptors (Lipinski definition) is 7. The summed E-state index contributed by atoms with van der Waals surface area (Å²) in [5, 5.41) is 8.40. The number of amides is 1. The molecule has 1 N–H and O–H groups in total. The van der Waals surface area contributed by atoms with Gasteiger partial charge in [-0.05, 0) is 84.1 Å². The highest BCUT2D eigenvalue weighted by molar-refractivity contribution is 6.05. The predicted octanol–water partition coefficient (Wildman–Crippen LogP) is 5.58. The van der Waals surface area contributed by atoms with Crippen molar-refractivity contribution in [3.63, 3.8) is 0 Å². The second kappa shape index (κ2) is 11.3. The molecule has 0 aliphatic heterocycles. The third-order valence-electron chi connectivity index (χ3n) is 7.09. The zero-order valence-corrected chi connectivity index (χ0v) is 23.7. The molecule has 1 unspecified atom stereocenters. The van der Waals surface area contributed by atoms with Crippen molar-refractivity contribution in [1.82, 2.24) is 24.9 Å². The number of fused-ring (bicyclic) bond motifs is 1. The van der Waals surface area contributed by atoms with Crippen molar-refractivity contribution in [2.24, 2.45) is 0 Å². The molecule has 0 fully saturated rings. The number of aromatic nitrogens is 3. The van der Waals surface area contributed by atoms with E-state index in [4.69, 9.17) is 14.5 Å². The zero-order chi connectivity index (χ0) is 27.6. The van der Waals surface area contributed by atoms with E-state index in [0.717, 1.165) is 64.0 Å². The van der Waals surface area contributed by atoms with Gasteiger partial charge in [-0.2, -0.15) is 0 Å². The van der Waals surface area contributed by atoms with Crippen molar-refractivity contribution in [1.29, 1.82) is 0 Å². The van der Waals surface area contributed by atoms with Gasteiger partial charge in [0.1, 0.15) is 5.69 Å². The highest BCUT2D eigenvalue weighted by Crippen LogP contribution is 2.30. The molecular formula is C30H38N6O2. The average molecular weight is 515 g/mol. The number of anilines is 1. The summed E-state index contributed by atoms with van der Waals surface area (Å²) >= 11 is 0. The molecule has 38 heavy (non-hydrogen) atoms. The molecule has 2 aromatic heterocycles. The molecule has 0 aliphatic carbocycles. The molecule has 1 atom stereocenters. The maximum absolute atomic E-state index is 13.9. The fourth-order valence-electron chi connectivity index (χ4n) is 4.57. The number of rotatable bonds is 9. The Bertz CT molecular complexity index is 1460. The van der Waals surface area contributed by atoms with E-state index in [1.807, 2.05) is 52.0 Å². The smallest absolute Gasteiger partial charge is 0.273 e. The van der Waals surface area contributed by atoms with Gasteiger partial charge in [-0.3, -0.25) is 4.79 Å². The van der Waals surface area contributed by atoms with Crippen LogP contribution in [0, 0.1) is 20.8 Å². The van der Waals surface area contributed by atoms with Gasteiger partial charge in [0.2, 0.25) is 0 Å². The minimum atomic E-state index is -0.302. The van der Waals surface area contributed by atoms with Crippen molar-refractivity contribution in [2.45, 2.75) is 47.1 Å². The molecule has 1 amide bonds. The molecule has 0 saturated heterocycles. The maximum atomic E-state index is 13.9. The molecule has 0 saturated carbocycles.